The zero-order valence-corrected chi connectivity index (χ0v) is 8.48. The standard InChI is InChI=1S/C9H17N5/c1-7-2-8(10)4-14(3-7)5-9-11-6-12-13-9/h6-8H,2-5,10H2,1H3,(H,11,12,13). The molecule has 0 radical (unpaired) electrons. The second-order valence-electron chi connectivity index (χ2n) is 4.23. The van der Waals surface area contributed by atoms with E-state index < -0.39 is 0 Å². The van der Waals surface area contributed by atoms with E-state index in [1.165, 1.54) is 0 Å². The molecule has 0 amide bonds. The molecule has 5 heteroatoms. The molecule has 0 bridgehead atoms. The summed E-state index contributed by atoms with van der Waals surface area (Å²) in [5, 5.41) is 6.70. The lowest BCUT2D eigenvalue weighted by molar-refractivity contribution is 0.155. The summed E-state index contributed by atoms with van der Waals surface area (Å²) in [7, 11) is 0. The van der Waals surface area contributed by atoms with Gasteiger partial charge in [-0.2, -0.15) is 5.10 Å². The number of nitrogens with one attached hydrogen (secondary N) is 1. The molecule has 5 nitrogen and oxygen atoms in total. The third kappa shape index (κ3) is 2.30. The SMILES string of the molecule is CC1CC(N)CN(Cc2ncn[nH]2)C1. The number of piperidine rings is 1. The summed E-state index contributed by atoms with van der Waals surface area (Å²) in [6, 6.07) is 0.307. The van der Waals surface area contributed by atoms with Gasteiger partial charge in [0.1, 0.15) is 12.2 Å². The van der Waals surface area contributed by atoms with E-state index in [1.807, 2.05) is 0 Å². The van der Waals surface area contributed by atoms with E-state index in [4.69, 9.17) is 5.73 Å². The lowest BCUT2D eigenvalue weighted by Crippen LogP contribution is -2.45. The van der Waals surface area contributed by atoms with Crippen LogP contribution in [0.15, 0.2) is 6.33 Å². The molecule has 1 aromatic heterocycles. The highest BCUT2D eigenvalue weighted by molar-refractivity contribution is 4.85. The summed E-state index contributed by atoms with van der Waals surface area (Å²) < 4.78 is 0. The predicted molar refractivity (Wildman–Crippen MR) is 53.4 cm³/mol. The van der Waals surface area contributed by atoms with Gasteiger partial charge in [0, 0.05) is 19.1 Å². The number of likely N-dealkylation sites (tertiary alicyclic amines) is 1. The van der Waals surface area contributed by atoms with Crippen molar-refractivity contribution in [2.75, 3.05) is 13.1 Å². The van der Waals surface area contributed by atoms with Crippen molar-refractivity contribution >= 4 is 0 Å². The van der Waals surface area contributed by atoms with Gasteiger partial charge in [-0.1, -0.05) is 6.92 Å². The maximum absolute atomic E-state index is 5.96. The van der Waals surface area contributed by atoms with Crippen molar-refractivity contribution in [2.45, 2.75) is 25.9 Å². The first kappa shape index (κ1) is 9.61. The van der Waals surface area contributed by atoms with E-state index in [-0.39, 0.29) is 0 Å². The number of H-pyrrole nitrogens is 1. The summed E-state index contributed by atoms with van der Waals surface area (Å²) in [5.41, 5.74) is 5.96. The normalized spacial score (nSPS) is 29.3. The molecule has 1 saturated heterocycles. The zero-order chi connectivity index (χ0) is 9.97. The largest absolute Gasteiger partial charge is 0.327 e. The smallest absolute Gasteiger partial charge is 0.138 e. The lowest BCUT2D eigenvalue weighted by atomic mass is 9.97. The molecule has 1 aromatic rings. The minimum absolute atomic E-state index is 0.307. The molecule has 0 spiro atoms. The van der Waals surface area contributed by atoms with Crippen LogP contribution in [0, 0.1) is 5.92 Å². The second kappa shape index (κ2) is 4.06. The molecule has 0 aromatic carbocycles. The number of aromatic nitrogens is 3. The van der Waals surface area contributed by atoms with E-state index in [0.717, 1.165) is 31.9 Å². The van der Waals surface area contributed by atoms with E-state index in [2.05, 4.69) is 27.0 Å². The van der Waals surface area contributed by atoms with Crippen LogP contribution in [0.4, 0.5) is 0 Å². The monoisotopic (exact) mass is 195 g/mol. The Hall–Kier alpha value is -0.940. The Kier molecular flexibility index (Phi) is 2.79. The third-order valence-corrected chi connectivity index (χ3v) is 2.61. The zero-order valence-electron chi connectivity index (χ0n) is 8.48. The van der Waals surface area contributed by atoms with E-state index in [1.54, 1.807) is 6.33 Å². The molecule has 0 saturated carbocycles. The number of nitrogens with two attached hydrogens (primary N) is 1. The maximum atomic E-state index is 5.96. The number of rotatable bonds is 2. The highest BCUT2D eigenvalue weighted by atomic mass is 15.2. The number of nitrogens with zero attached hydrogens (tertiary/aromatic N) is 3. The van der Waals surface area contributed by atoms with Gasteiger partial charge in [-0.15, -0.1) is 0 Å². The number of hydrogen-bond donors (Lipinski definition) is 2. The summed E-state index contributed by atoms with van der Waals surface area (Å²) in [5.74, 6) is 1.60. The first-order chi connectivity index (χ1) is 6.74. The summed E-state index contributed by atoms with van der Waals surface area (Å²) >= 11 is 0. The summed E-state index contributed by atoms with van der Waals surface area (Å²) in [6.07, 6.45) is 2.68. The Morgan fingerprint density at radius 1 is 1.64 bits per heavy atom. The topological polar surface area (TPSA) is 70.8 Å². The fraction of sp³-hybridized carbons (Fsp3) is 0.778. The van der Waals surface area contributed by atoms with Crippen LogP contribution in [-0.4, -0.2) is 39.2 Å². The number of aromatic amines is 1. The average molecular weight is 195 g/mol. The maximum Gasteiger partial charge on any atom is 0.138 e. The first-order valence-electron chi connectivity index (χ1n) is 5.06. The molecule has 0 aliphatic carbocycles. The Labute approximate surface area is 83.7 Å². The van der Waals surface area contributed by atoms with Crippen LogP contribution in [-0.2, 0) is 6.54 Å². The number of hydrogen-bond acceptors (Lipinski definition) is 4. The highest BCUT2D eigenvalue weighted by Gasteiger charge is 2.22. The van der Waals surface area contributed by atoms with Crippen molar-refractivity contribution in [3.8, 4) is 0 Å². The van der Waals surface area contributed by atoms with Gasteiger partial charge in [-0.3, -0.25) is 10.00 Å². The van der Waals surface area contributed by atoms with Gasteiger partial charge in [0.2, 0.25) is 0 Å². The van der Waals surface area contributed by atoms with Crippen LogP contribution < -0.4 is 5.73 Å². The quantitative estimate of drug-likeness (QED) is 0.695. The van der Waals surface area contributed by atoms with Crippen molar-refractivity contribution in [2.24, 2.45) is 11.7 Å². The van der Waals surface area contributed by atoms with Gasteiger partial charge >= 0.3 is 0 Å². The van der Waals surface area contributed by atoms with Gasteiger partial charge in [-0.05, 0) is 12.3 Å². The van der Waals surface area contributed by atoms with E-state index in [0.29, 0.717) is 12.0 Å². The first-order valence-corrected chi connectivity index (χ1v) is 5.06. The van der Waals surface area contributed by atoms with E-state index in [9.17, 15) is 0 Å². The summed E-state index contributed by atoms with van der Waals surface area (Å²) in [4.78, 5) is 6.44. The molecule has 2 unspecified atom stereocenters. The molecule has 3 N–H and O–H groups in total. The molecule has 1 aliphatic heterocycles. The summed E-state index contributed by atoms with van der Waals surface area (Å²) in [6.45, 7) is 5.14. The third-order valence-electron chi connectivity index (χ3n) is 2.61. The average Bonchev–Trinajstić information content (AvgIpc) is 2.54. The van der Waals surface area contributed by atoms with Crippen LogP contribution in [0.25, 0.3) is 0 Å². The molecular formula is C9H17N5. The Morgan fingerprint density at radius 2 is 2.50 bits per heavy atom. The van der Waals surface area contributed by atoms with Crippen LogP contribution in [0.5, 0.6) is 0 Å². The fourth-order valence-electron chi connectivity index (χ4n) is 2.16. The molecule has 14 heavy (non-hydrogen) atoms. The van der Waals surface area contributed by atoms with Crippen molar-refractivity contribution < 1.29 is 0 Å². The molecule has 2 heterocycles. The highest BCUT2D eigenvalue weighted by Crippen LogP contribution is 2.15. The lowest BCUT2D eigenvalue weighted by Gasteiger charge is -2.34. The molecular weight excluding hydrogens is 178 g/mol. The molecule has 2 atom stereocenters. The molecule has 1 aliphatic rings. The van der Waals surface area contributed by atoms with Crippen molar-refractivity contribution in [1.82, 2.24) is 20.1 Å². The van der Waals surface area contributed by atoms with E-state index >= 15 is 0 Å². The van der Waals surface area contributed by atoms with Gasteiger partial charge in [0.25, 0.3) is 0 Å². The minimum atomic E-state index is 0.307. The minimum Gasteiger partial charge on any atom is -0.327 e. The van der Waals surface area contributed by atoms with Gasteiger partial charge < -0.3 is 5.73 Å². The van der Waals surface area contributed by atoms with Gasteiger partial charge in [-0.25, -0.2) is 4.98 Å². The predicted octanol–water partition coefficient (Wildman–Crippen LogP) is -0.0262. The van der Waals surface area contributed by atoms with Crippen LogP contribution in [0.3, 0.4) is 0 Å². The van der Waals surface area contributed by atoms with Crippen LogP contribution in [0.1, 0.15) is 19.2 Å². The molecule has 78 valence electrons. The van der Waals surface area contributed by atoms with Crippen LogP contribution >= 0.6 is 0 Å². The van der Waals surface area contributed by atoms with Crippen molar-refractivity contribution in [1.29, 1.82) is 0 Å². The van der Waals surface area contributed by atoms with Crippen molar-refractivity contribution in [3.05, 3.63) is 12.2 Å². The fourth-order valence-corrected chi connectivity index (χ4v) is 2.16. The van der Waals surface area contributed by atoms with Gasteiger partial charge in [0.15, 0.2) is 0 Å². The Bertz CT molecular complexity index is 261. The second-order valence-corrected chi connectivity index (χ2v) is 4.23. The molecule has 1 fully saturated rings. The Balaban J connectivity index is 1.91. The Morgan fingerprint density at radius 3 is 3.14 bits per heavy atom. The molecule has 2 rings (SSSR count). The van der Waals surface area contributed by atoms with Crippen LogP contribution in [0.2, 0.25) is 0 Å². The van der Waals surface area contributed by atoms with Gasteiger partial charge in [0.05, 0.1) is 6.54 Å². The van der Waals surface area contributed by atoms with Crippen molar-refractivity contribution in [3.63, 3.8) is 0 Å².